The highest BCUT2D eigenvalue weighted by Gasteiger charge is 2.20. The lowest BCUT2D eigenvalue weighted by Gasteiger charge is -2.17. The number of hydrogen-bond donors (Lipinski definition) is 0. The first-order chi connectivity index (χ1) is 20.8. The Bertz CT molecular complexity index is 2390. The van der Waals surface area contributed by atoms with Crippen LogP contribution < -0.4 is 0 Å². The molecule has 8 aromatic rings. The first-order valence-electron chi connectivity index (χ1n) is 13.8. The van der Waals surface area contributed by atoms with Crippen LogP contribution in [0, 0.1) is 22.7 Å². The molecule has 0 unspecified atom stereocenters. The van der Waals surface area contributed by atoms with Crippen LogP contribution >= 0.6 is 0 Å². The van der Waals surface area contributed by atoms with E-state index in [4.69, 9.17) is 0 Å². The molecule has 0 fully saturated rings. The Morgan fingerprint density at radius 3 is 1.71 bits per heavy atom. The largest absolute Gasteiger partial charge is 0.309 e. The van der Waals surface area contributed by atoms with Gasteiger partial charge in [-0.05, 0) is 60.2 Å². The number of hydrogen-bond acceptors (Lipinski definition) is 2. The minimum atomic E-state index is 0.585. The molecule has 0 saturated heterocycles. The van der Waals surface area contributed by atoms with E-state index in [1.54, 1.807) is 0 Å². The van der Waals surface area contributed by atoms with Crippen LogP contribution in [0.25, 0.3) is 66.1 Å². The minimum Gasteiger partial charge on any atom is -0.309 e. The van der Waals surface area contributed by atoms with E-state index in [9.17, 15) is 10.5 Å². The third-order valence-electron chi connectivity index (χ3n) is 8.18. The fourth-order valence-corrected chi connectivity index (χ4v) is 6.40. The van der Waals surface area contributed by atoms with E-state index in [1.165, 1.54) is 10.8 Å². The Morgan fingerprint density at radius 1 is 0.452 bits per heavy atom. The van der Waals surface area contributed by atoms with Crippen LogP contribution in [0.4, 0.5) is 0 Å². The molecule has 0 spiro atoms. The predicted molar refractivity (Wildman–Crippen MR) is 170 cm³/mol. The van der Waals surface area contributed by atoms with Gasteiger partial charge in [-0.2, -0.15) is 10.5 Å². The van der Waals surface area contributed by atoms with Gasteiger partial charge < -0.3 is 9.13 Å². The Labute approximate surface area is 242 Å². The van der Waals surface area contributed by atoms with Crippen molar-refractivity contribution < 1.29 is 0 Å². The topological polar surface area (TPSA) is 57.4 Å². The lowest BCUT2D eigenvalue weighted by molar-refractivity contribution is 1.16. The minimum absolute atomic E-state index is 0.585. The molecule has 0 aliphatic heterocycles. The molecule has 0 atom stereocenters. The van der Waals surface area contributed by atoms with Gasteiger partial charge in [0.2, 0.25) is 0 Å². The summed E-state index contributed by atoms with van der Waals surface area (Å²) in [5.74, 6) is 0. The summed E-state index contributed by atoms with van der Waals surface area (Å²) >= 11 is 0. The zero-order valence-electron chi connectivity index (χ0n) is 22.5. The van der Waals surface area contributed by atoms with Crippen molar-refractivity contribution in [1.82, 2.24) is 9.13 Å². The molecule has 0 saturated carbocycles. The molecule has 0 aliphatic carbocycles. The zero-order valence-corrected chi connectivity index (χ0v) is 22.5. The van der Waals surface area contributed by atoms with E-state index in [0.717, 1.165) is 55.3 Å². The lowest BCUT2D eigenvalue weighted by Crippen LogP contribution is -2.01. The summed E-state index contributed by atoms with van der Waals surface area (Å²) in [5.41, 5.74) is 9.30. The summed E-state index contributed by atoms with van der Waals surface area (Å²) in [4.78, 5) is 0. The molecule has 0 N–H and O–H groups in total. The lowest BCUT2D eigenvalue weighted by atomic mass is 9.99. The van der Waals surface area contributed by atoms with Crippen molar-refractivity contribution in [3.63, 3.8) is 0 Å². The van der Waals surface area contributed by atoms with Crippen LogP contribution in [0.2, 0.25) is 0 Å². The van der Waals surface area contributed by atoms with Crippen molar-refractivity contribution >= 4 is 43.6 Å². The molecule has 4 nitrogen and oxygen atoms in total. The maximum Gasteiger partial charge on any atom is 0.101 e. The predicted octanol–water partition coefficient (Wildman–Crippen LogP) is 9.29. The van der Waals surface area contributed by atoms with Crippen LogP contribution in [0.3, 0.4) is 0 Å². The Kier molecular flexibility index (Phi) is 5.22. The number of benzene rings is 6. The monoisotopic (exact) mass is 534 g/mol. The molecular weight excluding hydrogens is 512 g/mol. The zero-order chi connectivity index (χ0) is 28.2. The summed E-state index contributed by atoms with van der Waals surface area (Å²) in [7, 11) is 0. The van der Waals surface area contributed by atoms with Crippen LogP contribution in [-0.4, -0.2) is 9.13 Å². The summed E-state index contributed by atoms with van der Waals surface area (Å²) in [6.07, 6.45) is 0. The number of para-hydroxylation sites is 4. The van der Waals surface area contributed by atoms with Crippen LogP contribution in [-0.2, 0) is 0 Å². The maximum absolute atomic E-state index is 10.3. The third kappa shape index (κ3) is 3.40. The molecular formula is C38H22N4. The van der Waals surface area contributed by atoms with Gasteiger partial charge >= 0.3 is 0 Å². The van der Waals surface area contributed by atoms with Gasteiger partial charge in [-0.1, -0.05) is 78.9 Å². The Balaban J connectivity index is 1.43. The molecule has 0 radical (unpaired) electrons. The van der Waals surface area contributed by atoms with Gasteiger partial charge in [0.05, 0.1) is 45.0 Å². The van der Waals surface area contributed by atoms with Crippen molar-refractivity contribution in [1.29, 1.82) is 10.5 Å². The number of rotatable bonds is 3. The van der Waals surface area contributed by atoms with Gasteiger partial charge in [-0.15, -0.1) is 0 Å². The second kappa shape index (κ2) is 9.24. The average molecular weight is 535 g/mol. The molecule has 6 aromatic carbocycles. The number of nitrogens with zero attached hydrogens (tertiary/aromatic N) is 4. The molecule has 0 bridgehead atoms. The van der Waals surface area contributed by atoms with Crippen molar-refractivity contribution in [2.75, 3.05) is 0 Å². The Morgan fingerprint density at radius 2 is 1.05 bits per heavy atom. The van der Waals surface area contributed by atoms with Gasteiger partial charge in [-0.25, -0.2) is 0 Å². The molecule has 0 amide bonds. The normalized spacial score (nSPS) is 11.3. The Hall–Kier alpha value is -6.10. The van der Waals surface area contributed by atoms with Crippen LogP contribution in [0.1, 0.15) is 11.1 Å². The first kappa shape index (κ1) is 23.8. The van der Waals surface area contributed by atoms with Gasteiger partial charge in [0.1, 0.15) is 6.07 Å². The number of fused-ring (bicyclic) bond motifs is 6. The maximum atomic E-state index is 10.3. The highest BCUT2D eigenvalue weighted by Crippen LogP contribution is 2.39. The molecule has 42 heavy (non-hydrogen) atoms. The first-order valence-corrected chi connectivity index (χ1v) is 13.8. The van der Waals surface area contributed by atoms with Crippen molar-refractivity contribution in [3.05, 3.63) is 145 Å². The molecule has 194 valence electrons. The van der Waals surface area contributed by atoms with E-state index >= 15 is 0 Å². The summed E-state index contributed by atoms with van der Waals surface area (Å²) in [6, 6.07) is 50.1. The second-order valence-corrected chi connectivity index (χ2v) is 10.4. The van der Waals surface area contributed by atoms with Gasteiger partial charge in [0, 0.05) is 32.8 Å². The quantitative estimate of drug-likeness (QED) is 0.227. The fourth-order valence-electron chi connectivity index (χ4n) is 6.40. The van der Waals surface area contributed by atoms with Crippen LogP contribution in [0.5, 0.6) is 0 Å². The van der Waals surface area contributed by atoms with Crippen molar-refractivity contribution in [2.24, 2.45) is 0 Å². The van der Waals surface area contributed by atoms with E-state index in [-0.39, 0.29) is 0 Å². The average Bonchev–Trinajstić information content (AvgIpc) is 3.57. The molecule has 0 aliphatic rings. The number of nitriles is 2. The standard InChI is InChI=1S/C38H22N4/c39-23-25-19-20-37-33(21-25)32-14-3-6-18-36(32)42(37)38-27(24-40)10-8-15-29(38)26-9-7-11-28(22-26)41-34-16-4-1-12-30(34)31-13-2-5-17-35(31)41/h1-22H. The van der Waals surface area contributed by atoms with Gasteiger partial charge in [0.25, 0.3) is 0 Å². The molecule has 2 heterocycles. The molecule has 4 heteroatoms. The van der Waals surface area contributed by atoms with Crippen molar-refractivity contribution in [3.8, 4) is 34.6 Å². The third-order valence-corrected chi connectivity index (χ3v) is 8.18. The smallest absolute Gasteiger partial charge is 0.101 e. The summed E-state index contributed by atoms with van der Waals surface area (Å²) in [6.45, 7) is 0. The van der Waals surface area contributed by atoms with Crippen LogP contribution in [0.15, 0.2) is 133 Å². The van der Waals surface area contributed by atoms with Gasteiger partial charge in [-0.3, -0.25) is 0 Å². The van der Waals surface area contributed by atoms with E-state index < -0.39 is 0 Å². The van der Waals surface area contributed by atoms with E-state index in [2.05, 4.69) is 112 Å². The van der Waals surface area contributed by atoms with Crippen molar-refractivity contribution in [2.45, 2.75) is 0 Å². The molecule has 8 rings (SSSR count). The highest BCUT2D eigenvalue weighted by atomic mass is 15.0. The molecule has 2 aromatic heterocycles. The summed E-state index contributed by atoms with van der Waals surface area (Å²) < 4.78 is 4.48. The number of aromatic nitrogens is 2. The highest BCUT2D eigenvalue weighted by molar-refractivity contribution is 6.11. The second-order valence-electron chi connectivity index (χ2n) is 10.4. The van der Waals surface area contributed by atoms with E-state index in [1.807, 2.05) is 42.5 Å². The SMILES string of the molecule is N#Cc1ccc2c(c1)c1ccccc1n2-c1c(C#N)cccc1-c1cccc(-n2c3ccccc3c3ccccc32)c1. The fraction of sp³-hybridized carbons (Fsp3) is 0. The van der Waals surface area contributed by atoms with Gasteiger partial charge in [0.15, 0.2) is 0 Å². The van der Waals surface area contributed by atoms with E-state index in [0.29, 0.717) is 11.1 Å². The summed E-state index contributed by atoms with van der Waals surface area (Å²) in [5, 5.41) is 24.4.